The molecule has 2 aromatic carbocycles. The van der Waals surface area contributed by atoms with Crippen LogP contribution in [-0.4, -0.2) is 40.0 Å². The third-order valence-electron chi connectivity index (χ3n) is 6.12. The molecule has 0 radical (unpaired) electrons. The maximum absolute atomic E-state index is 13.5. The van der Waals surface area contributed by atoms with Gasteiger partial charge < -0.3 is 0 Å². The van der Waals surface area contributed by atoms with Gasteiger partial charge in [-0.15, -0.1) is 0 Å². The van der Waals surface area contributed by atoms with E-state index in [1.54, 1.807) is 31.2 Å². The maximum Gasteiger partial charge on any atom is 0.261 e. The summed E-state index contributed by atoms with van der Waals surface area (Å²) in [6.07, 6.45) is 7.70. The highest BCUT2D eigenvalue weighted by atomic mass is 32.2. The summed E-state index contributed by atoms with van der Waals surface area (Å²) in [6, 6.07) is 10.4. The van der Waals surface area contributed by atoms with Gasteiger partial charge in [-0.25, -0.2) is 16.8 Å². The van der Waals surface area contributed by atoms with E-state index in [0.29, 0.717) is 13.1 Å². The van der Waals surface area contributed by atoms with Crippen molar-refractivity contribution in [3.63, 3.8) is 0 Å². The Morgan fingerprint density at radius 2 is 1.57 bits per heavy atom. The Hall–Kier alpha value is -3.01. The molecule has 0 saturated carbocycles. The zero-order chi connectivity index (χ0) is 27.4. The van der Waals surface area contributed by atoms with Crippen LogP contribution in [0.1, 0.15) is 56.5 Å². The van der Waals surface area contributed by atoms with Crippen molar-refractivity contribution in [2.45, 2.75) is 55.7 Å². The van der Waals surface area contributed by atoms with Crippen LogP contribution in [0.25, 0.3) is 0 Å². The van der Waals surface area contributed by atoms with Gasteiger partial charge in [0.15, 0.2) is 5.78 Å². The van der Waals surface area contributed by atoms with Gasteiger partial charge in [-0.05, 0) is 61.1 Å². The first-order valence-corrected chi connectivity index (χ1v) is 15.0. The van der Waals surface area contributed by atoms with Crippen LogP contribution in [0, 0.1) is 0 Å². The van der Waals surface area contributed by atoms with Crippen molar-refractivity contribution in [3.05, 3.63) is 90.0 Å². The van der Waals surface area contributed by atoms with Gasteiger partial charge in [-0.3, -0.25) is 9.52 Å². The molecule has 1 aliphatic rings. The van der Waals surface area contributed by atoms with Crippen LogP contribution in [-0.2, 0) is 25.5 Å². The van der Waals surface area contributed by atoms with E-state index in [2.05, 4.69) is 11.3 Å². The molecule has 1 N–H and O–H groups in total. The molecule has 198 valence electrons. The smallest absolute Gasteiger partial charge is 0.261 e. The fourth-order valence-electron chi connectivity index (χ4n) is 4.04. The molecule has 1 aliphatic heterocycles. The Morgan fingerprint density at radius 3 is 2.11 bits per heavy atom. The summed E-state index contributed by atoms with van der Waals surface area (Å²) < 4.78 is 56.8. The predicted molar refractivity (Wildman–Crippen MR) is 148 cm³/mol. The second kappa shape index (κ2) is 11.2. The number of hydrogen-bond donors (Lipinski definition) is 1. The third-order valence-corrected chi connectivity index (χ3v) is 9.40. The molecule has 7 nitrogen and oxygen atoms in total. The Kier molecular flexibility index (Phi) is 8.62. The minimum absolute atomic E-state index is 0.00950. The van der Waals surface area contributed by atoms with Crippen LogP contribution in [0.4, 0.5) is 5.69 Å². The van der Waals surface area contributed by atoms with E-state index in [1.165, 1.54) is 46.8 Å². The van der Waals surface area contributed by atoms with Gasteiger partial charge >= 0.3 is 0 Å². The molecule has 0 amide bonds. The van der Waals surface area contributed by atoms with E-state index in [1.807, 2.05) is 20.8 Å². The van der Waals surface area contributed by atoms with E-state index in [0.717, 1.165) is 18.4 Å². The van der Waals surface area contributed by atoms with E-state index < -0.39 is 25.8 Å². The normalized spacial score (nSPS) is 15.7. The molecule has 0 unspecified atom stereocenters. The van der Waals surface area contributed by atoms with Gasteiger partial charge in [0.25, 0.3) is 10.0 Å². The number of hydrogen-bond acceptors (Lipinski definition) is 5. The lowest BCUT2D eigenvalue weighted by atomic mass is 9.87. The quantitative estimate of drug-likeness (QED) is 0.258. The number of Topliss-reactive ketones (excluding diaryl/α,β-unsaturated/α-hetero) is 1. The topological polar surface area (TPSA) is 101 Å². The van der Waals surface area contributed by atoms with Crippen molar-refractivity contribution in [1.82, 2.24) is 4.31 Å². The van der Waals surface area contributed by atoms with E-state index in [-0.39, 0.29) is 32.0 Å². The highest BCUT2D eigenvalue weighted by Crippen LogP contribution is 2.30. The molecule has 0 aliphatic carbocycles. The number of benzene rings is 2. The standard InChI is InChI=1S/C28H34N2O5S2/c1-6-10-21(11-7-2)27(31)25-20-24(37(34,35)30-18-8-9-19-30)16-17-26(25)29-36(32,33)23-14-12-22(13-15-23)28(3,4)5/h6-7,10-17,20,29H,1,8-9,18-19H2,2-5H3/b11-7-,21-10+. The summed E-state index contributed by atoms with van der Waals surface area (Å²) in [4.78, 5) is 13.5. The van der Waals surface area contributed by atoms with Crippen molar-refractivity contribution < 1.29 is 21.6 Å². The highest BCUT2D eigenvalue weighted by Gasteiger charge is 2.29. The van der Waals surface area contributed by atoms with Crippen molar-refractivity contribution in [1.29, 1.82) is 0 Å². The van der Waals surface area contributed by atoms with E-state index in [9.17, 15) is 21.6 Å². The summed E-state index contributed by atoms with van der Waals surface area (Å²) in [5, 5.41) is 0. The van der Waals surface area contributed by atoms with Crippen LogP contribution in [0.2, 0.25) is 0 Å². The third kappa shape index (κ3) is 6.47. The SMILES string of the molecule is C=C/C=C(\C=C/C)C(=O)c1cc(S(=O)(=O)N2CCCC2)ccc1NS(=O)(=O)c1ccc(C(C)(C)C)cc1. The largest absolute Gasteiger partial charge is 0.289 e. The molecule has 9 heteroatoms. The van der Waals surface area contributed by atoms with Crippen molar-refractivity contribution in [2.24, 2.45) is 0 Å². The molecule has 2 aromatic rings. The number of ketones is 1. The first-order chi connectivity index (χ1) is 17.3. The minimum Gasteiger partial charge on any atom is -0.289 e. The molecule has 0 atom stereocenters. The lowest BCUT2D eigenvalue weighted by molar-refractivity contribution is 0.103. The molecule has 1 saturated heterocycles. The molecule has 3 rings (SSSR count). The van der Waals surface area contributed by atoms with E-state index >= 15 is 0 Å². The fraction of sp³-hybridized carbons (Fsp3) is 0.321. The van der Waals surface area contributed by atoms with E-state index in [4.69, 9.17) is 0 Å². The molecular formula is C28H34N2O5S2. The fourth-order valence-corrected chi connectivity index (χ4v) is 6.67. The lowest BCUT2D eigenvalue weighted by Crippen LogP contribution is -2.28. The number of carbonyl (C=O) groups is 1. The number of rotatable bonds is 9. The second-order valence-corrected chi connectivity index (χ2v) is 13.5. The maximum atomic E-state index is 13.5. The van der Waals surface area contributed by atoms with Gasteiger partial charge in [0.05, 0.1) is 15.5 Å². The monoisotopic (exact) mass is 542 g/mol. The summed E-state index contributed by atoms with van der Waals surface area (Å²) in [5.74, 6) is -0.530. The van der Waals surface area contributed by atoms with Crippen LogP contribution in [0.15, 0.2) is 88.7 Å². The van der Waals surface area contributed by atoms with Crippen molar-refractivity contribution in [2.75, 3.05) is 17.8 Å². The molecule has 0 aromatic heterocycles. The van der Waals surface area contributed by atoms with Crippen LogP contribution in [0.3, 0.4) is 0 Å². The van der Waals surface area contributed by atoms with Crippen LogP contribution < -0.4 is 4.72 Å². The van der Waals surface area contributed by atoms with Gasteiger partial charge in [0.1, 0.15) is 0 Å². The molecule has 1 fully saturated rings. The average Bonchev–Trinajstić information content (AvgIpc) is 3.39. The van der Waals surface area contributed by atoms with Gasteiger partial charge in [-0.2, -0.15) is 4.31 Å². The number of nitrogens with one attached hydrogen (secondary N) is 1. The lowest BCUT2D eigenvalue weighted by Gasteiger charge is -2.20. The number of carbonyl (C=O) groups excluding carboxylic acids is 1. The summed E-state index contributed by atoms with van der Waals surface area (Å²) in [6.45, 7) is 12.3. The van der Waals surface area contributed by atoms with Gasteiger partial charge in [0.2, 0.25) is 10.0 Å². The van der Waals surface area contributed by atoms with Crippen molar-refractivity contribution >= 4 is 31.5 Å². The molecule has 0 bridgehead atoms. The summed E-state index contributed by atoms with van der Waals surface area (Å²) in [5.41, 5.74) is 0.991. The Morgan fingerprint density at radius 1 is 0.973 bits per heavy atom. The minimum atomic E-state index is -4.07. The molecule has 1 heterocycles. The number of anilines is 1. The van der Waals surface area contributed by atoms with Gasteiger partial charge in [0, 0.05) is 24.2 Å². The number of sulfonamides is 2. The molecular weight excluding hydrogens is 508 g/mol. The summed E-state index contributed by atoms with van der Waals surface area (Å²) in [7, 11) is -7.90. The highest BCUT2D eigenvalue weighted by molar-refractivity contribution is 7.92. The summed E-state index contributed by atoms with van der Waals surface area (Å²) >= 11 is 0. The van der Waals surface area contributed by atoms with Gasteiger partial charge in [-0.1, -0.05) is 63.8 Å². The number of nitrogens with zero attached hydrogens (tertiary/aromatic N) is 1. The van der Waals surface area contributed by atoms with Crippen LogP contribution >= 0.6 is 0 Å². The first kappa shape index (κ1) is 28.6. The first-order valence-electron chi connectivity index (χ1n) is 12.1. The zero-order valence-electron chi connectivity index (χ0n) is 21.7. The van der Waals surface area contributed by atoms with Crippen molar-refractivity contribution in [3.8, 4) is 0 Å². The van der Waals surface area contributed by atoms with Crippen LogP contribution in [0.5, 0.6) is 0 Å². The average molecular weight is 543 g/mol. The molecule has 37 heavy (non-hydrogen) atoms. The Labute approximate surface area is 220 Å². The Balaban J connectivity index is 2.10. The zero-order valence-corrected chi connectivity index (χ0v) is 23.3. The predicted octanol–water partition coefficient (Wildman–Crippen LogP) is 5.44. The molecule has 0 spiro atoms. The second-order valence-electron chi connectivity index (χ2n) is 9.89. The number of allylic oxidation sites excluding steroid dienone is 5. The Bertz CT molecular complexity index is 1440.